The maximum Gasteiger partial charge on any atom is 0.527 e. The van der Waals surface area contributed by atoms with Crippen LogP contribution in [0.4, 0.5) is 39.5 Å². The van der Waals surface area contributed by atoms with Crippen molar-refractivity contribution in [3.05, 3.63) is 89.5 Å². The summed E-state index contributed by atoms with van der Waals surface area (Å²) >= 11 is 0. The van der Waals surface area contributed by atoms with Crippen LogP contribution in [0.15, 0.2) is 60.7 Å². The Hall–Kier alpha value is -3.73. The molecule has 0 fully saturated rings. The topological polar surface area (TPSA) is 18.5 Å². The van der Waals surface area contributed by atoms with Gasteiger partial charge in [-0.15, -0.1) is 13.2 Å². The molecular formula is C28H19F9O2. The van der Waals surface area contributed by atoms with E-state index in [4.69, 9.17) is 4.74 Å². The molecule has 0 aliphatic heterocycles. The van der Waals surface area contributed by atoms with Gasteiger partial charge in [-0.1, -0.05) is 31.5 Å². The monoisotopic (exact) mass is 558 g/mol. The minimum absolute atomic E-state index is 0.0541. The molecule has 0 heterocycles. The highest BCUT2D eigenvalue weighted by Crippen LogP contribution is 2.40. The fourth-order valence-corrected chi connectivity index (χ4v) is 4.02. The number of hydrogen-bond donors (Lipinski definition) is 0. The van der Waals surface area contributed by atoms with Crippen molar-refractivity contribution < 1.29 is 49.0 Å². The van der Waals surface area contributed by atoms with Crippen LogP contribution in [0.3, 0.4) is 0 Å². The van der Waals surface area contributed by atoms with Crippen LogP contribution in [0.2, 0.25) is 0 Å². The Morgan fingerprint density at radius 3 is 2.05 bits per heavy atom. The second-order valence-corrected chi connectivity index (χ2v) is 8.59. The van der Waals surface area contributed by atoms with Crippen LogP contribution in [-0.2, 0) is 10.8 Å². The van der Waals surface area contributed by atoms with Crippen molar-refractivity contribution in [3.63, 3.8) is 0 Å². The molecule has 0 unspecified atom stereocenters. The van der Waals surface area contributed by atoms with Crippen LogP contribution in [0.25, 0.3) is 33.0 Å². The first-order valence-electron chi connectivity index (χ1n) is 11.6. The highest BCUT2D eigenvalue weighted by Gasteiger charge is 2.47. The minimum atomic E-state index is -5.74. The van der Waals surface area contributed by atoms with Gasteiger partial charge >= 0.3 is 12.5 Å². The minimum Gasteiger partial charge on any atom is -0.494 e. The number of hydrogen-bond acceptors (Lipinski definition) is 2. The van der Waals surface area contributed by atoms with E-state index in [0.29, 0.717) is 24.5 Å². The van der Waals surface area contributed by atoms with E-state index in [0.717, 1.165) is 43.2 Å². The molecule has 2 nitrogen and oxygen atoms in total. The zero-order valence-electron chi connectivity index (χ0n) is 20.1. The summed E-state index contributed by atoms with van der Waals surface area (Å²) in [6.45, 7) is 2.42. The van der Waals surface area contributed by atoms with Gasteiger partial charge in [0.05, 0.1) is 17.7 Å². The average Bonchev–Trinajstić information content (AvgIpc) is 2.82. The number of alkyl halides is 5. The third-order valence-electron chi connectivity index (χ3n) is 5.86. The van der Waals surface area contributed by atoms with E-state index in [9.17, 15) is 35.1 Å². The summed E-state index contributed by atoms with van der Waals surface area (Å²) in [5.74, 6) is -4.38. The van der Waals surface area contributed by atoms with E-state index in [2.05, 4.69) is 4.74 Å². The van der Waals surface area contributed by atoms with Crippen molar-refractivity contribution in [1.29, 1.82) is 0 Å². The normalized spacial score (nSPS) is 12.3. The Kier molecular flexibility index (Phi) is 7.83. The van der Waals surface area contributed by atoms with Crippen LogP contribution in [0.1, 0.15) is 25.3 Å². The molecule has 0 saturated heterocycles. The number of benzene rings is 4. The molecule has 0 aromatic heterocycles. The Morgan fingerprint density at radius 2 is 1.41 bits per heavy atom. The van der Waals surface area contributed by atoms with Crippen molar-refractivity contribution in [2.24, 2.45) is 0 Å². The molecule has 4 rings (SSSR count). The molecule has 0 radical (unpaired) electrons. The molecule has 0 atom stereocenters. The van der Waals surface area contributed by atoms with E-state index < -0.39 is 46.9 Å². The smallest absolute Gasteiger partial charge is 0.494 e. The summed E-state index contributed by atoms with van der Waals surface area (Å²) in [6.07, 6.45) is -9.06. The molecule has 0 saturated carbocycles. The third-order valence-corrected chi connectivity index (χ3v) is 5.86. The van der Waals surface area contributed by atoms with Crippen LogP contribution >= 0.6 is 0 Å². The Balaban J connectivity index is 1.67. The maximum atomic E-state index is 15.3. The molecule has 39 heavy (non-hydrogen) atoms. The largest absolute Gasteiger partial charge is 0.527 e. The maximum absolute atomic E-state index is 15.3. The van der Waals surface area contributed by atoms with Crippen molar-refractivity contribution in [2.75, 3.05) is 6.61 Å². The number of ether oxygens (including phenoxy) is 2. The second kappa shape index (κ2) is 10.8. The zero-order chi connectivity index (χ0) is 28.5. The van der Waals surface area contributed by atoms with Gasteiger partial charge in [-0.3, -0.25) is 0 Å². The van der Waals surface area contributed by atoms with Crippen LogP contribution in [-0.4, -0.2) is 13.0 Å². The van der Waals surface area contributed by atoms with E-state index in [1.807, 2.05) is 6.92 Å². The average molecular weight is 558 g/mol. The SMILES string of the molecule is CCCCOc1ccc2c(F)c(-c3ccc(-c4ccc(C(F)(F)OC(F)(F)F)c(F)c4)c(F)c3)c(F)cc2c1. The van der Waals surface area contributed by atoms with Gasteiger partial charge in [-0.05, 0) is 65.4 Å². The fourth-order valence-electron chi connectivity index (χ4n) is 4.02. The fraction of sp³-hybridized carbons (Fsp3) is 0.214. The zero-order valence-corrected chi connectivity index (χ0v) is 20.1. The number of unbranched alkanes of at least 4 members (excludes halogenated alkanes) is 1. The van der Waals surface area contributed by atoms with Crippen LogP contribution in [0.5, 0.6) is 5.75 Å². The Bertz CT molecular complexity index is 1510. The van der Waals surface area contributed by atoms with Crippen molar-refractivity contribution in [2.45, 2.75) is 32.2 Å². The molecule has 0 aliphatic rings. The molecule has 4 aromatic rings. The molecule has 0 bridgehead atoms. The van der Waals surface area contributed by atoms with E-state index in [-0.39, 0.29) is 27.5 Å². The van der Waals surface area contributed by atoms with Gasteiger partial charge in [-0.2, -0.15) is 8.78 Å². The van der Waals surface area contributed by atoms with Crippen LogP contribution < -0.4 is 4.74 Å². The van der Waals surface area contributed by atoms with Crippen LogP contribution in [0, 0.1) is 23.3 Å². The van der Waals surface area contributed by atoms with E-state index in [1.165, 1.54) is 18.2 Å². The summed E-state index contributed by atoms with van der Waals surface area (Å²) in [5.41, 5.74) is -3.09. The first-order valence-corrected chi connectivity index (χ1v) is 11.6. The molecule has 206 valence electrons. The molecule has 11 heteroatoms. The molecule has 0 spiro atoms. The van der Waals surface area contributed by atoms with E-state index in [1.54, 1.807) is 0 Å². The quantitative estimate of drug-likeness (QED) is 0.158. The van der Waals surface area contributed by atoms with Crippen molar-refractivity contribution >= 4 is 10.8 Å². The van der Waals surface area contributed by atoms with Gasteiger partial charge in [0.2, 0.25) is 0 Å². The lowest BCUT2D eigenvalue weighted by atomic mass is 9.96. The predicted molar refractivity (Wildman–Crippen MR) is 126 cm³/mol. The van der Waals surface area contributed by atoms with E-state index >= 15 is 4.39 Å². The third kappa shape index (κ3) is 6.13. The lowest BCUT2D eigenvalue weighted by molar-refractivity contribution is -0.432. The van der Waals surface area contributed by atoms with Gasteiger partial charge in [0, 0.05) is 10.9 Å². The first kappa shape index (κ1) is 28.3. The lowest BCUT2D eigenvalue weighted by Gasteiger charge is -2.19. The number of halogens is 9. The van der Waals surface area contributed by atoms with Gasteiger partial charge in [0.15, 0.2) is 0 Å². The predicted octanol–water partition coefficient (Wildman–Crippen LogP) is 9.49. The molecule has 0 amide bonds. The highest BCUT2D eigenvalue weighted by atomic mass is 19.4. The highest BCUT2D eigenvalue weighted by molar-refractivity contribution is 5.90. The van der Waals surface area contributed by atoms with Gasteiger partial charge in [0.1, 0.15) is 29.0 Å². The van der Waals surface area contributed by atoms with Gasteiger partial charge in [0.25, 0.3) is 0 Å². The Morgan fingerprint density at radius 1 is 0.718 bits per heavy atom. The summed E-state index contributed by atoms with van der Waals surface area (Å²) in [6, 6.07) is 9.93. The molecular weight excluding hydrogens is 539 g/mol. The lowest BCUT2D eigenvalue weighted by Crippen LogP contribution is -2.28. The Labute approximate surface area is 216 Å². The summed E-state index contributed by atoms with van der Waals surface area (Å²) in [5, 5.41) is 0.278. The van der Waals surface area contributed by atoms with Gasteiger partial charge in [-0.25, -0.2) is 22.3 Å². The summed E-state index contributed by atoms with van der Waals surface area (Å²) in [4.78, 5) is 0. The standard InChI is InChI=1S/C28H19F9O2/c1-2-3-10-38-18-6-8-20-17(11-18)14-24(31)25(26(20)32)16-4-7-19(22(29)13-16)15-5-9-21(23(30)12-15)27(33,34)39-28(35,36)37/h4-9,11-14H,2-3,10H2,1H3. The number of rotatable bonds is 8. The number of fused-ring (bicyclic) bond motifs is 1. The van der Waals surface area contributed by atoms with Crippen molar-refractivity contribution in [1.82, 2.24) is 0 Å². The second-order valence-electron chi connectivity index (χ2n) is 8.59. The molecule has 0 N–H and O–H groups in total. The first-order chi connectivity index (χ1) is 18.3. The summed E-state index contributed by atoms with van der Waals surface area (Å²) < 4.78 is 132. The molecule has 4 aromatic carbocycles. The molecule has 0 aliphatic carbocycles. The van der Waals surface area contributed by atoms with Gasteiger partial charge < -0.3 is 4.74 Å². The van der Waals surface area contributed by atoms with Crippen molar-refractivity contribution in [3.8, 4) is 28.0 Å². The summed E-state index contributed by atoms with van der Waals surface area (Å²) in [7, 11) is 0.